The van der Waals surface area contributed by atoms with Crippen molar-refractivity contribution in [3.63, 3.8) is 0 Å². The standard InChI is InChI=1S/C26H28N2O4S/c1-16-7-9-18(10-8-16)28-24(29)12-11-19(25(28)23-6-5-13-33-23)26(30)27-20-15-22(32-4)21(31-3)14-17(20)2/h5-10,13-15,19,25H,11-12H2,1-4H3,(H,27,30). The lowest BCUT2D eigenvalue weighted by Crippen LogP contribution is -2.46. The molecule has 2 unspecified atom stereocenters. The Morgan fingerprint density at radius 3 is 2.39 bits per heavy atom. The molecule has 0 spiro atoms. The molecule has 7 heteroatoms. The number of carbonyl (C=O) groups is 2. The number of ether oxygens (including phenoxy) is 2. The molecular weight excluding hydrogens is 436 g/mol. The highest BCUT2D eigenvalue weighted by Crippen LogP contribution is 2.42. The third-order valence-electron chi connectivity index (χ3n) is 6.07. The Bertz CT molecular complexity index is 1140. The topological polar surface area (TPSA) is 67.9 Å². The van der Waals surface area contributed by atoms with Gasteiger partial charge in [0.2, 0.25) is 11.8 Å². The molecule has 2 atom stereocenters. The van der Waals surface area contributed by atoms with Crippen LogP contribution in [0.1, 0.15) is 34.9 Å². The number of piperidine rings is 1. The van der Waals surface area contributed by atoms with Gasteiger partial charge in [0.15, 0.2) is 11.5 Å². The van der Waals surface area contributed by atoms with Crippen LogP contribution >= 0.6 is 11.3 Å². The van der Waals surface area contributed by atoms with Crippen LogP contribution in [0.5, 0.6) is 11.5 Å². The summed E-state index contributed by atoms with van der Waals surface area (Å²) in [6.07, 6.45) is 0.806. The molecule has 1 aromatic heterocycles. The molecule has 1 aliphatic heterocycles. The fourth-order valence-electron chi connectivity index (χ4n) is 4.30. The maximum Gasteiger partial charge on any atom is 0.229 e. The fraction of sp³-hybridized carbons (Fsp3) is 0.308. The third-order valence-corrected chi connectivity index (χ3v) is 7.01. The first-order valence-corrected chi connectivity index (χ1v) is 11.8. The number of benzene rings is 2. The number of nitrogens with one attached hydrogen (secondary N) is 1. The van der Waals surface area contributed by atoms with Crippen LogP contribution in [0.3, 0.4) is 0 Å². The van der Waals surface area contributed by atoms with Gasteiger partial charge in [-0.25, -0.2) is 0 Å². The second-order valence-corrected chi connectivity index (χ2v) is 9.20. The van der Waals surface area contributed by atoms with E-state index in [9.17, 15) is 9.59 Å². The molecule has 3 aromatic rings. The van der Waals surface area contributed by atoms with Gasteiger partial charge in [0.25, 0.3) is 0 Å². The molecule has 4 rings (SSSR count). The van der Waals surface area contributed by atoms with Gasteiger partial charge in [-0.2, -0.15) is 0 Å². The molecular formula is C26H28N2O4S. The zero-order valence-electron chi connectivity index (χ0n) is 19.3. The highest BCUT2D eigenvalue weighted by Gasteiger charge is 2.42. The number of rotatable bonds is 6. The van der Waals surface area contributed by atoms with Crippen molar-refractivity contribution in [1.82, 2.24) is 0 Å². The number of carbonyl (C=O) groups excluding carboxylic acids is 2. The molecule has 33 heavy (non-hydrogen) atoms. The van der Waals surface area contributed by atoms with E-state index in [0.717, 1.165) is 21.7 Å². The average Bonchev–Trinajstić information content (AvgIpc) is 3.35. The molecule has 1 fully saturated rings. The quantitative estimate of drug-likeness (QED) is 0.523. The van der Waals surface area contributed by atoms with E-state index in [1.54, 1.807) is 36.5 Å². The Hall–Kier alpha value is -3.32. The van der Waals surface area contributed by atoms with Gasteiger partial charge in [-0.05, 0) is 55.5 Å². The lowest BCUT2D eigenvalue weighted by atomic mass is 9.86. The van der Waals surface area contributed by atoms with Crippen molar-refractivity contribution in [2.45, 2.75) is 32.7 Å². The molecule has 2 heterocycles. The van der Waals surface area contributed by atoms with Crippen molar-refractivity contribution >= 4 is 34.5 Å². The van der Waals surface area contributed by atoms with Crippen LogP contribution in [0.4, 0.5) is 11.4 Å². The number of amides is 2. The number of methoxy groups -OCH3 is 2. The van der Waals surface area contributed by atoms with E-state index in [2.05, 4.69) is 5.32 Å². The number of aryl methyl sites for hydroxylation is 2. The van der Waals surface area contributed by atoms with E-state index < -0.39 is 5.92 Å². The maximum atomic E-state index is 13.6. The molecule has 172 valence electrons. The van der Waals surface area contributed by atoms with Crippen LogP contribution in [-0.2, 0) is 9.59 Å². The van der Waals surface area contributed by atoms with Gasteiger partial charge in [-0.3, -0.25) is 9.59 Å². The molecule has 0 radical (unpaired) electrons. The Labute approximate surface area is 198 Å². The second kappa shape index (κ2) is 9.67. The molecule has 0 saturated carbocycles. The van der Waals surface area contributed by atoms with Gasteiger partial charge < -0.3 is 19.7 Å². The molecule has 1 aliphatic rings. The van der Waals surface area contributed by atoms with Crippen molar-refractivity contribution in [1.29, 1.82) is 0 Å². The molecule has 6 nitrogen and oxygen atoms in total. The minimum atomic E-state index is -0.393. The van der Waals surface area contributed by atoms with Crippen LogP contribution in [0.15, 0.2) is 53.9 Å². The SMILES string of the molecule is COc1cc(C)c(NC(=O)C2CCC(=O)N(c3ccc(C)cc3)C2c2cccs2)cc1OC. The van der Waals surface area contributed by atoms with E-state index in [4.69, 9.17) is 9.47 Å². The van der Waals surface area contributed by atoms with Crippen molar-refractivity contribution in [2.75, 3.05) is 24.4 Å². The van der Waals surface area contributed by atoms with Crippen LogP contribution in [0, 0.1) is 19.8 Å². The van der Waals surface area contributed by atoms with E-state index in [1.807, 2.05) is 61.7 Å². The third kappa shape index (κ3) is 4.59. The smallest absolute Gasteiger partial charge is 0.229 e. The Kier molecular flexibility index (Phi) is 6.70. The number of hydrogen-bond donors (Lipinski definition) is 1. The highest BCUT2D eigenvalue weighted by atomic mass is 32.1. The summed E-state index contributed by atoms with van der Waals surface area (Å²) in [5.41, 5.74) is 3.47. The van der Waals surface area contributed by atoms with Gasteiger partial charge >= 0.3 is 0 Å². The first kappa shape index (κ1) is 22.9. The van der Waals surface area contributed by atoms with E-state index in [1.165, 1.54) is 0 Å². The Morgan fingerprint density at radius 1 is 1.06 bits per heavy atom. The van der Waals surface area contributed by atoms with E-state index >= 15 is 0 Å². The van der Waals surface area contributed by atoms with E-state index in [-0.39, 0.29) is 17.9 Å². The maximum absolute atomic E-state index is 13.6. The lowest BCUT2D eigenvalue weighted by molar-refractivity contribution is -0.125. The summed E-state index contributed by atoms with van der Waals surface area (Å²) >= 11 is 1.56. The first-order valence-electron chi connectivity index (χ1n) is 10.9. The van der Waals surface area contributed by atoms with Crippen LogP contribution in [0.2, 0.25) is 0 Å². The zero-order valence-corrected chi connectivity index (χ0v) is 20.1. The average molecular weight is 465 g/mol. The van der Waals surface area contributed by atoms with Gasteiger partial charge in [0.1, 0.15) is 0 Å². The molecule has 1 saturated heterocycles. The summed E-state index contributed by atoms with van der Waals surface area (Å²) in [7, 11) is 3.15. The normalized spacial score (nSPS) is 18.2. The number of anilines is 2. The van der Waals surface area contributed by atoms with Crippen molar-refractivity contribution in [3.05, 3.63) is 69.9 Å². The monoisotopic (exact) mass is 464 g/mol. The Morgan fingerprint density at radius 2 is 1.76 bits per heavy atom. The lowest BCUT2D eigenvalue weighted by Gasteiger charge is -2.40. The van der Waals surface area contributed by atoms with Gasteiger partial charge in [-0.15, -0.1) is 11.3 Å². The van der Waals surface area contributed by atoms with Crippen molar-refractivity contribution < 1.29 is 19.1 Å². The largest absolute Gasteiger partial charge is 0.493 e. The predicted octanol–water partition coefficient (Wildman–Crippen LogP) is 5.51. The molecule has 0 bridgehead atoms. The summed E-state index contributed by atoms with van der Waals surface area (Å²) in [6, 6.07) is 15.1. The Balaban J connectivity index is 1.69. The molecule has 0 aliphatic carbocycles. The van der Waals surface area contributed by atoms with Crippen molar-refractivity contribution in [3.8, 4) is 11.5 Å². The summed E-state index contributed by atoms with van der Waals surface area (Å²) < 4.78 is 10.8. The minimum Gasteiger partial charge on any atom is -0.493 e. The van der Waals surface area contributed by atoms with Gasteiger partial charge in [-0.1, -0.05) is 23.8 Å². The van der Waals surface area contributed by atoms with E-state index in [0.29, 0.717) is 30.0 Å². The highest BCUT2D eigenvalue weighted by molar-refractivity contribution is 7.10. The van der Waals surface area contributed by atoms with Crippen molar-refractivity contribution in [2.24, 2.45) is 5.92 Å². The van der Waals surface area contributed by atoms with Gasteiger partial charge in [0, 0.05) is 28.7 Å². The van der Waals surface area contributed by atoms with Gasteiger partial charge in [0.05, 0.1) is 26.2 Å². The number of hydrogen-bond acceptors (Lipinski definition) is 5. The van der Waals surface area contributed by atoms with Crippen LogP contribution in [-0.4, -0.2) is 26.0 Å². The molecule has 1 N–H and O–H groups in total. The molecule has 2 amide bonds. The fourth-order valence-corrected chi connectivity index (χ4v) is 5.18. The van der Waals surface area contributed by atoms with Crippen LogP contribution < -0.4 is 19.7 Å². The number of thiophene rings is 1. The summed E-state index contributed by atoms with van der Waals surface area (Å²) in [5, 5.41) is 5.07. The number of nitrogens with zero attached hydrogens (tertiary/aromatic N) is 1. The first-order chi connectivity index (χ1) is 15.9. The molecule has 2 aromatic carbocycles. The summed E-state index contributed by atoms with van der Waals surface area (Å²) in [4.78, 5) is 29.5. The predicted molar refractivity (Wildman–Crippen MR) is 131 cm³/mol. The zero-order chi connectivity index (χ0) is 23.5. The minimum absolute atomic E-state index is 0.0311. The summed E-state index contributed by atoms with van der Waals surface area (Å²) in [5.74, 6) is 0.679. The summed E-state index contributed by atoms with van der Waals surface area (Å²) in [6.45, 7) is 3.93. The van der Waals surface area contributed by atoms with Crippen LogP contribution in [0.25, 0.3) is 0 Å². The second-order valence-electron chi connectivity index (χ2n) is 8.22.